The third kappa shape index (κ3) is 6.31. The second-order valence-corrected chi connectivity index (χ2v) is 10.3. The van der Waals surface area contributed by atoms with Gasteiger partial charge in [-0.3, -0.25) is 19.9 Å². The number of hydrogen-bond acceptors (Lipinski definition) is 7. The van der Waals surface area contributed by atoms with E-state index in [9.17, 15) is 18.0 Å². The van der Waals surface area contributed by atoms with Crippen molar-refractivity contribution in [3.63, 3.8) is 0 Å². The summed E-state index contributed by atoms with van der Waals surface area (Å²) in [6.45, 7) is 0.950. The number of amidine groups is 1. The van der Waals surface area contributed by atoms with Crippen LogP contribution in [0.15, 0.2) is 60.7 Å². The van der Waals surface area contributed by atoms with E-state index in [2.05, 4.69) is 10.6 Å². The molecule has 1 heterocycles. The van der Waals surface area contributed by atoms with E-state index in [1.807, 2.05) is 0 Å². The van der Waals surface area contributed by atoms with Crippen LogP contribution in [-0.2, 0) is 14.9 Å². The highest BCUT2D eigenvalue weighted by molar-refractivity contribution is 7.86. The first-order valence-corrected chi connectivity index (χ1v) is 13.3. The molecule has 1 aliphatic rings. The van der Waals surface area contributed by atoms with Crippen molar-refractivity contribution in [2.45, 2.75) is 0 Å². The predicted molar refractivity (Wildman–Crippen MR) is 142 cm³/mol. The molecule has 1 fully saturated rings. The summed E-state index contributed by atoms with van der Waals surface area (Å²) >= 11 is 12.1. The lowest BCUT2D eigenvalue weighted by atomic mass is 10.1. The van der Waals surface area contributed by atoms with Crippen molar-refractivity contribution in [1.82, 2.24) is 0 Å². The SMILES string of the molecule is CS(=O)(=O)Oc1c(Cl)ccc(C(=O)Nc2ccc(N3CCOC3=N)cc2)c1NC(=O)c1ccc(Cl)cc1. The molecule has 0 unspecified atom stereocenters. The van der Waals surface area contributed by atoms with E-state index in [1.54, 1.807) is 29.2 Å². The molecule has 0 bridgehead atoms. The monoisotopic (exact) mass is 562 g/mol. The van der Waals surface area contributed by atoms with Gasteiger partial charge < -0.3 is 19.6 Å². The number of benzene rings is 3. The summed E-state index contributed by atoms with van der Waals surface area (Å²) in [5.74, 6) is -1.71. The topological polar surface area (TPSA) is 138 Å². The lowest BCUT2D eigenvalue weighted by Crippen LogP contribution is -2.24. The van der Waals surface area contributed by atoms with Crippen molar-refractivity contribution in [2.24, 2.45) is 0 Å². The maximum Gasteiger partial charge on any atom is 0.306 e. The Morgan fingerprint density at radius 2 is 1.65 bits per heavy atom. The summed E-state index contributed by atoms with van der Waals surface area (Å²) in [6, 6.07) is 15.3. The van der Waals surface area contributed by atoms with E-state index in [4.69, 9.17) is 37.5 Å². The predicted octanol–water partition coefficient (Wildman–Crippen LogP) is 4.61. The van der Waals surface area contributed by atoms with Crippen LogP contribution in [0.5, 0.6) is 5.75 Å². The maximum absolute atomic E-state index is 13.2. The molecule has 3 aromatic rings. The largest absolute Gasteiger partial charge is 0.463 e. The van der Waals surface area contributed by atoms with Gasteiger partial charge in [-0.1, -0.05) is 23.2 Å². The van der Waals surface area contributed by atoms with Crippen LogP contribution in [0.25, 0.3) is 0 Å². The normalized spacial score (nSPS) is 13.2. The van der Waals surface area contributed by atoms with E-state index in [1.165, 1.54) is 36.4 Å². The highest BCUT2D eigenvalue weighted by Crippen LogP contribution is 2.38. The van der Waals surface area contributed by atoms with E-state index in [-0.39, 0.29) is 27.9 Å². The fourth-order valence-electron chi connectivity index (χ4n) is 3.47. The van der Waals surface area contributed by atoms with Crippen molar-refractivity contribution in [3.05, 3.63) is 81.8 Å². The molecule has 192 valence electrons. The van der Waals surface area contributed by atoms with Crippen LogP contribution in [-0.4, -0.2) is 45.7 Å². The average molecular weight is 563 g/mol. The Balaban J connectivity index is 1.65. The number of rotatable bonds is 7. The molecule has 1 aliphatic heterocycles. The molecular formula is C24H20Cl2N4O6S. The number of carbonyl (C=O) groups excluding carboxylic acids is 2. The number of nitrogens with zero attached hydrogens (tertiary/aromatic N) is 1. The van der Waals surface area contributed by atoms with Crippen molar-refractivity contribution in [1.29, 1.82) is 5.41 Å². The summed E-state index contributed by atoms with van der Waals surface area (Å²) in [5, 5.41) is 13.3. The van der Waals surface area contributed by atoms with Crippen LogP contribution in [0.2, 0.25) is 10.0 Å². The number of amides is 2. The van der Waals surface area contributed by atoms with Crippen LogP contribution in [0.4, 0.5) is 17.1 Å². The van der Waals surface area contributed by atoms with Gasteiger partial charge >= 0.3 is 10.1 Å². The van der Waals surface area contributed by atoms with Crippen molar-refractivity contribution >= 4 is 68.2 Å². The lowest BCUT2D eigenvalue weighted by molar-refractivity contribution is 0.102. The molecule has 0 aliphatic carbocycles. The molecule has 37 heavy (non-hydrogen) atoms. The Kier molecular flexibility index (Phi) is 7.58. The smallest absolute Gasteiger partial charge is 0.306 e. The molecule has 3 aromatic carbocycles. The molecule has 0 radical (unpaired) electrons. The Morgan fingerprint density at radius 3 is 2.24 bits per heavy atom. The molecule has 3 N–H and O–H groups in total. The van der Waals surface area contributed by atoms with Crippen LogP contribution >= 0.6 is 23.2 Å². The van der Waals surface area contributed by atoms with E-state index in [0.717, 1.165) is 6.26 Å². The second-order valence-electron chi connectivity index (χ2n) is 7.85. The molecule has 4 rings (SSSR count). The summed E-state index contributed by atoms with van der Waals surface area (Å²) < 4.78 is 34.0. The van der Waals surface area contributed by atoms with Crippen LogP contribution in [0.3, 0.4) is 0 Å². The third-order valence-corrected chi connectivity index (χ3v) is 6.19. The Bertz CT molecular complexity index is 1480. The minimum atomic E-state index is -4.06. The fraction of sp³-hybridized carbons (Fsp3) is 0.125. The van der Waals surface area contributed by atoms with E-state index >= 15 is 0 Å². The molecule has 13 heteroatoms. The Labute approximate surface area is 222 Å². The molecule has 1 saturated heterocycles. The van der Waals surface area contributed by atoms with Crippen molar-refractivity contribution < 1.29 is 26.9 Å². The second kappa shape index (κ2) is 10.7. The van der Waals surface area contributed by atoms with E-state index in [0.29, 0.717) is 29.5 Å². The van der Waals surface area contributed by atoms with Crippen LogP contribution < -0.4 is 19.7 Å². The van der Waals surface area contributed by atoms with Gasteiger partial charge in [-0.05, 0) is 60.7 Å². The van der Waals surface area contributed by atoms with Crippen molar-refractivity contribution in [3.8, 4) is 5.75 Å². The molecular weight excluding hydrogens is 543 g/mol. The minimum absolute atomic E-state index is 0.0393. The van der Waals surface area contributed by atoms with Gasteiger partial charge in [-0.2, -0.15) is 8.42 Å². The highest BCUT2D eigenvalue weighted by atomic mass is 35.5. The Morgan fingerprint density at radius 1 is 0.973 bits per heavy atom. The number of carbonyl (C=O) groups is 2. The van der Waals surface area contributed by atoms with Gasteiger partial charge in [0.25, 0.3) is 17.8 Å². The number of halogens is 2. The summed E-state index contributed by atoms with van der Waals surface area (Å²) in [5.41, 5.74) is 1.01. The average Bonchev–Trinajstić information content (AvgIpc) is 3.27. The molecule has 10 nitrogen and oxygen atoms in total. The highest BCUT2D eigenvalue weighted by Gasteiger charge is 2.25. The first-order valence-electron chi connectivity index (χ1n) is 10.7. The summed E-state index contributed by atoms with van der Waals surface area (Å²) in [4.78, 5) is 27.8. The van der Waals surface area contributed by atoms with Gasteiger partial charge in [0.05, 0.1) is 29.1 Å². The first-order chi connectivity index (χ1) is 17.5. The van der Waals surface area contributed by atoms with Gasteiger partial charge in [-0.25, -0.2) is 0 Å². The van der Waals surface area contributed by atoms with Crippen molar-refractivity contribution in [2.75, 3.05) is 34.9 Å². The molecule has 0 saturated carbocycles. The maximum atomic E-state index is 13.2. The zero-order chi connectivity index (χ0) is 26.7. The molecule has 0 aromatic heterocycles. The Hall–Kier alpha value is -3.80. The van der Waals surface area contributed by atoms with Gasteiger partial charge in [0.2, 0.25) is 0 Å². The first kappa shape index (κ1) is 26.3. The number of hydrogen-bond donors (Lipinski definition) is 3. The van der Waals surface area contributed by atoms with Crippen LogP contribution in [0, 0.1) is 5.41 Å². The standard InChI is InChI=1S/C24H20Cl2N4O6S/c1-37(33,34)36-21-19(26)11-10-18(20(21)29-22(31)14-2-4-15(25)5-3-14)23(32)28-16-6-8-17(9-7-16)30-12-13-35-24(30)27/h2-11,27H,12-13H2,1H3,(H,28,32)(H,29,31). The van der Waals surface area contributed by atoms with E-state index < -0.39 is 27.7 Å². The summed E-state index contributed by atoms with van der Waals surface area (Å²) in [7, 11) is -4.06. The van der Waals surface area contributed by atoms with Crippen LogP contribution in [0.1, 0.15) is 20.7 Å². The summed E-state index contributed by atoms with van der Waals surface area (Å²) in [6.07, 6.45) is 0.813. The molecule has 0 atom stereocenters. The number of nitrogens with one attached hydrogen (secondary N) is 3. The van der Waals surface area contributed by atoms with Gasteiger partial charge in [-0.15, -0.1) is 0 Å². The number of ether oxygens (including phenoxy) is 1. The minimum Gasteiger partial charge on any atom is -0.463 e. The lowest BCUT2D eigenvalue weighted by Gasteiger charge is -2.17. The number of anilines is 3. The fourth-order valence-corrected chi connectivity index (χ4v) is 4.32. The third-order valence-electron chi connectivity index (χ3n) is 5.17. The zero-order valence-corrected chi connectivity index (χ0v) is 21.6. The molecule has 0 spiro atoms. The molecule has 2 amide bonds. The zero-order valence-electron chi connectivity index (χ0n) is 19.2. The van der Waals surface area contributed by atoms with Gasteiger partial charge in [0.15, 0.2) is 5.75 Å². The van der Waals surface area contributed by atoms with Gasteiger partial charge in [0, 0.05) is 22.0 Å². The quantitative estimate of drug-likeness (QED) is 0.357. The van der Waals surface area contributed by atoms with Gasteiger partial charge in [0.1, 0.15) is 6.61 Å².